The molecule has 1 aliphatic rings. The Kier molecular flexibility index (Phi) is 7.69. The summed E-state index contributed by atoms with van der Waals surface area (Å²) in [7, 11) is 0. The van der Waals surface area contributed by atoms with Crippen molar-refractivity contribution in [3.63, 3.8) is 0 Å². The zero-order valence-electron chi connectivity index (χ0n) is 17.8. The monoisotopic (exact) mass is 474 g/mol. The van der Waals surface area contributed by atoms with Crippen molar-refractivity contribution in [3.8, 4) is 0 Å². The molecule has 1 unspecified atom stereocenters. The summed E-state index contributed by atoms with van der Waals surface area (Å²) in [6, 6.07) is 10.4. The molecule has 1 N–H and O–H groups in total. The van der Waals surface area contributed by atoms with Gasteiger partial charge in [-0.3, -0.25) is 9.69 Å². The van der Waals surface area contributed by atoms with Crippen molar-refractivity contribution < 1.29 is 35.9 Å². The van der Waals surface area contributed by atoms with Crippen LogP contribution in [0.3, 0.4) is 0 Å². The highest BCUT2D eigenvalue weighted by Gasteiger charge is 2.38. The molecule has 4 nitrogen and oxygen atoms in total. The first-order valence-electron chi connectivity index (χ1n) is 10.4. The number of piperidine rings is 1. The smallest absolute Gasteiger partial charge is 0.372 e. The standard InChI is InChI=1S/C23H24F6N2O2/c1-15(30-14-32)31-9-5-8-20(21(31)17-6-3-2-4-7-17)33-13-16-10-18(22(24,25)26)12-19(11-16)23(27,28)29/h2-4,6-7,10-12,14-15,20-21H,5,8-9,13H2,1H3,(H,30,32)/t15?,20-,21-/m0/s1. The van der Waals surface area contributed by atoms with Gasteiger partial charge in [0.05, 0.1) is 36.0 Å². The van der Waals surface area contributed by atoms with E-state index in [1.165, 1.54) is 0 Å². The Bertz CT molecular complexity index is 901. The first-order valence-corrected chi connectivity index (χ1v) is 10.4. The van der Waals surface area contributed by atoms with Crippen LogP contribution in [0.1, 0.15) is 48.1 Å². The van der Waals surface area contributed by atoms with Crippen molar-refractivity contribution >= 4 is 6.41 Å². The minimum Gasteiger partial charge on any atom is -0.372 e. The summed E-state index contributed by atoms with van der Waals surface area (Å²) in [5.41, 5.74) is -2.07. The molecule has 33 heavy (non-hydrogen) atoms. The number of likely N-dealkylation sites (tertiary alicyclic amines) is 1. The fourth-order valence-corrected chi connectivity index (χ4v) is 4.15. The summed E-state index contributed by atoms with van der Waals surface area (Å²) >= 11 is 0. The van der Waals surface area contributed by atoms with Crippen molar-refractivity contribution in [1.29, 1.82) is 0 Å². The maximum Gasteiger partial charge on any atom is 0.416 e. The maximum atomic E-state index is 13.2. The second kappa shape index (κ2) is 10.1. The summed E-state index contributed by atoms with van der Waals surface area (Å²) in [5.74, 6) is 0. The third kappa shape index (κ3) is 6.26. The molecule has 0 saturated carbocycles. The first-order chi connectivity index (χ1) is 15.5. The van der Waals surface area contributed by atoms with Crippen LogP contribution in [0.5, 0.6) is 0 Å². The lowest BCUT2D eigenvalue weighted by atomic mass is 9.91. The van der Waals surface area contributed by atoms with Crippen LogP contribution in [0, 0.1) is 0 Å². The van der Waals surface area contributed by atoms with Gasteiger partial charge in [-0.25, -0.2) is 0 Å². The molecule has 3 rings (SSSR count). The van der Waals surface area contributed by atoms with Crippen LogP contribution in [0.4, 0.5) is 26.3 Å². The van der Waals surface area contributed by atoms with Gasteiger partial charge in [0.2, 0.25) is 6.41 Å². The predicted octanol–water partition coefficient (Wildman–Crippen LogP) is 5.54. The van der Waals surface area contributed by atoms with E-state index in [0.717, 1.165) is 5.56 Å². The van der Waals surface area contributed by atoms with E-state index >= 15 is 0 Å². The Morgan fingerprint density at radius 2 is 1.67 bits per heavy atom. The second-order valence-electron chi connectivity index (χ2n) is 7.96. The number of rotatable bonds is 7. The van der Waals surface area contributed by atoms with E-state index in [2.05, 4.69) is 5.32 Å². The van der Waals surface area contributed by atoms with Gasteiger partial charge in [0.25, 0.3) is 0 Å². The van der Waals surface area contributed by atoms with E-state index in [4.69, 9.17) is 4.74 Å². The highest BCUT2D eigenvalue weighted by atomic mass is 19.4. The van der Waals surface area contributed by atoms with E-state index in [9.17, 15) is 31.1 Å². The number of ether oxygens (including phenoxy) is 1. The SMILES string of the molecule is CC(NC=O)N1CCC[C@H](OCc2cc(C(F)(F)F)cc(C(F)(F)F)c2)[C@@H]1c1ccccc1. The number of hydrogen-bond acceptors (Lipinski definition) is 3. The van der Waals surface area contributed by atoms with Gasteiger partial charge in [-0.1, -0.05) is 30.3 Å². The molecule has 0 radical (unpaired) electrons. The predicted molar refractivity (Wildman–Crippen MR) is 109 cm³/mol. The molecule has 1 fully saturated rings. The van der Waals surface area contributed by atoms with Crippen molar-refractivity contribution in [3.05, 3.63) is 70.8 Å². The zero-order valence-corrected chi connectivity index (χ0v) is 17.8. The summed E-state index contributed by atoms with van der Waals surface area (Å²) in [6.07, 6.45) is -8.84. The zero-order chi connectivity index (χ0) is 24.2. The average molecular weight is 474 g/mol. The number of hydrogen-bond donors (Lipinski definition) is 1. The highest BCUT2D eigenvalue weighted by molar-refractivity contribution is 5.46. The van der Waals surface area contributed by atoms with Crippen LogP contribution >= 0.6 is 0 Å². The summed E-state index contributed by atoms with van der Waals surface area (Å²) in [6.45, 7) is 2.03. The molecule has 1 amide bonds. The van der Waals surface area contributed by atoms with Crippen LogP contribution in [-0.2, 0) is 28.5 Å². The van der Waals surface area contributed by atoms with Crippen LogP contribution in [-0.4, -0.2) is 30.1 Å². The van der Waals surface area contributed by atoms with Crippen LogP contribution < -0.4 is 5.32 Å². The maximum absolute atomic E-state index is 13.2. The number of nitrogens with one attached hydrogen (secondary N) is 1. The number of halogens is 6. The van der Waals surface area contributed by atoms with Gasteiger partial charge >= 0.3 is 12.4 Å². The molecule has 1 aliphatic heterocycles. The Labute approximate surface area is 187 Å². The number of carbonyl (C=O) groups excluding carboxylic acids is 1. The molecule has 180 valence electrons. The average Bonchev–Trinajstić information content (AvgIpc) is 2.76. The van der Waals surface area contributed by atoms with E-state index in [-0.39, 0.29) is 23.8 Å². The van der Waals surface area contributed by atoms with Gasteiger partial charge in [-0.2, -0.15) is 26.3 Å². The molecular formula is C23H24F6N2O2. The van der Waals surface area contributed by atoms with Gasteiger partial charge in [0.1, 0.15) is 0 Å². The number of carbonyl (C=O) groups is 1. The Balaban J connectivity index is 1.89. The Morgan fingerprint density at radius 1 is 1.06 bits per heavy atom. The minimum atomic E-state index is -4.92. The van der Waals surface area contributed by atoms with Gasteiger partial charge in [0.15, 0.2) is 0 Å². The lowest BCUT2D eigenvalue weighted by Gasteiger charge is -2.44. The number of alkyl halides is 6. The molecule has 0 spiro atoms. The molecular weight excluding hydrogens is 450 g/mol. The molecule has 2 aromatic rings. The molecule has 2 aromatic carbocycles. The van der Waals surface area contributed by atoms with Crippen LogP contribution in [0.15, 0.2) is 48.5 Å². The van der Waals surface area contributed by atoms with E-state index in [0.29, 0.717) is 37.9 Å². The lowest BCUT2D eigenvalue weighted by molar-refractivity contribution is -0.143. The highest BCUT2D eigenvalue weighted by Crippen LogP contribution is 2.38. The van der Waals surface area contributed by atoms with Crippen LogP contribution in [0.2, 0.25) is 0 Å². The molecule has 3 atom stereocenters. The number of amides is 1. The minimum absolute atomic E-state index is 0.103. The molecule has 1 saturated heterocycles. The van der Waals surface area contributed by atoms with Gasteiger partial charge in [-0.15, -0.1) is 0 Å². The lowest BCUT2D eigenvalue weighted by Crippen LogP contribution is -2.51. The molecule has 0 bridgehead atoms. The van der Waals surface area contributed by atoms with Gasteiger partial charge in [0, 0.05) is 6.54 Å². The summed E-state index contributed by atoms with van der Waals surface area (Å²) in [4.78, 5) is 13.0. The molecule has 10 heteroatoms. The fourth-order valence-electron chi connectivity index (χ4n) is 4.15. The normalized spacial score (nSPS) is 20.9. The third-order valence-electron chi connectivity index (χ3n) is 5.67. The largest absolute Gasteiger partial charge is 0.416 e. The second-order valence-corrected chi connectivity index (χ2v) is 7.96. The molecule has 0 aromatic heterocycles. The number of benzene rings is 2. The Morgan fingerprint density at radius 3 is 2.21 bits per heavy atom. The van der Waals surface area contributed by atoms with E-state index in [1.807, 2.05) is 35.2 Å². The number of nitrogens with zero attached hydrogens (tertiary/aromatic N) is 1. The van der Waals surface area contributed by atoms with Crippen molar-refractivity contribution in [2.75, 3.05) is 6.54 Å². The van der Waals surface area contributed by atoms with Crippen molar-refractivity contribution in [2.24, 2.45) is 0 Å². The first kappa shape index (κ1) is 25.0. The quantitative estimate of drug-likeness (QED) is 0.423. The third-order valence-corrected chi connectivity index (χ3v) is 5.67. The van der Waals surface area contributed by atoms with Gasteiger partial charge in [-0.05, 0) is 49.1 Å². The summed E-state index contributed by atoms with van der Waals surface area (Å²) < 4.78 is 85.0. The summed E-state index contributed by atoms with van der Waals surface area (Å²) in [5, 5.41) is 2.70. The van der Waals surface area contributed by atoms with Crippen LogP contribution in [0.25, 0.3) is 0 Å². The molecule has 1 heterocycles. The fraction of sp³-hybridized carbons (Fsp3) is 0.435. The van der Waals surface area contributed by atoms with Crippen molar-refractivity contribution in [1.82, 2.24) is 10.2 Å². The topological polar surface area (TPSA) is 41.6 Å². The van der Waals surface area contributed by atoms with E-state index < -0.39 is 36.2 Å². The van der Waals surface area contributed by atoms with Crippen molar-refractivity contribution in [2.45, 2.75) is 57.0 Å². The van der Waals surface area contributed by atoms with E-state index in [1.54, 1.807) is 6.92 Å². The van der Waals surface area contributed by atoms with Gasteiger partial charge < -0.3 is 10.1 Å². The Hall–Kier alpha value is -2.59. The molecule has 0 aliphatic carbocycles.